The van der Waals surface area contributed by atoms with Crippen LogP contribution in [0.25, 0.3) is 0 Å². The van der Waals surface area contributed by atoms with Crippen LogP contribution in [0.4, 0.5) is 5.82 Å². The number of hydrogen-bond acceptors (Lipinski definition) is 5. The van der Waals surface area contributed by atoms with E-state index in [2.05, 4.69) is 5.10 Å². The summed E-state index contributed by atoms with van der Waals surface area (Å²) < 4.78 is 1.18. The molecule has 13 heavy (non-hydrogen) atoms. The Morgan fingerprint density at radius 3 is 2.69 bits per heavy atom. The molecule has 0 radical (unpaired) electrons. The zero-order valence-corrected chi connectivity index (χ0v) is 8.45. The minimum atomic E-state index is 0.0364. The standard InChI is InChI=1S/C6H7N5S2/c1-13-5-3(2-7)4(8)11(10-5)6(9)12/h8H2,1H3,(H2,9,12). The van der Waals surface area contributed by atoms with Crippen LogP contribution in [0.15, 0.2) is 5.03 Å². The maximum Gasteiger partial charge on any atom is 0.193 e. The van der Waals surface area contributed by atoms with Crippen molar-refractivity contribution in [3.63, 3.8) is 0 Å². The third-order valence-electron chi connectivity index (χ3n) is 1.40. The van der Waals surface area contributed by atoms with Gasteiger partial charge in [0.2, 0.25) is 0 Å². The van der Waals surface area contributed by atoms with E-state index >= 15 is 0 Å². The van der Waals surface area contributed by atoms with Crippen molar-refractivity contribution in [2.75, 3.05) is 12.0 Å². The molecule has 0 aromatic carbocycles. The zero-order chi connectivity index (χ0) is 10.0. The Bertz CT molecular complexity index is 388. The maximum absolute atomic E-state index is 8.74. The first kappa shape index (κ1) is 9.83. The van der Waals surface area contributed by atoms with Gasteiger partial charge in [0.15, 0.2) is 5.11 Å². The van der Waals surface area contributed by atoms with E-state index < -0.39 is 0 Å². The molecule has 1 aromatic rings. The highest BCUT2D eigenvalue weighted by Crippen LogP contribution is 2.22. The molecule has 0 aliphatic rings. The molecule has 0 saturated carbocycles. The van der Waals surface area contributed by atoms with E-state index in [0.29, 0.717) is 10.6 Å². The number of nitrogens with zero attached hydrogens (tertiary/aromatic N) is 3. The van der Waals surface area contributed by atoms with Crippen LogP contribution >= 0.6 is 24.0 Å². The van der Waals surface area contributed by atoms with E-state index in [1.54, 1.807) is 6.26 Å². The fourth-order valence-corrected chi connectivity index (χ4v) is 1.48. The summed E-state index contributed by atoms with van der Waals surface area (Å²) in [7, 11) is 0. The van der Waals surface area contributed by atoms with Crippen LogP contribution in [-0.2, 0) is 0 Å². The van der Waals surface area contributed by atoms with Crippen molar-refractivity contribution < 1.29 is 0 Å². The summed E-state index contributed by atoms with van der Waals surface area (Å²) in [4.78, 5) is 0. The molecule has 0 aliphatic carbocycles. The van der Waals surface area contributed by atoms with Crippen LogP contribution < -0.4 is 11.5 Å². The molecular formula is C6H7N5S2. The molecule has 4 N–H and O–H groups in total. The van der Waals surface area contributed by atoms with Crippen LogP contribution in [0, 0.1) is 11.3 Å². The van der Waals surface area contributed by atoms with Gasteiger partial charge in [-0.3, -0.25) is 0 Å². The predicted octanol–water partition coefficient (Wildman–Crippen LogP) is 0.151. The number of thioether (sulfide) groups is 1. The van der Waals surface area contributed by atoms with Crippen molar-refractivity contribution in [3.05, 3.63) is 5.56 Å². The van der Waals surface area contributed by atoms with E-state index in [1.807, 2.05) is 6.07 Å². The Kier molecular flexibility index (Phi) is 2.75. The van der Waals surface area contributed by atoms with Gasteiger partial charge in [-0.15, -0.1) is 11.8 Å². The average molecular weight is 213 g/mol. The number of nitrogen functional groups attached to an aromatic ring is 1. The third kappa shape index (κ3) is 1.59. The zero-order valence-electron chi connectivity index (χ0n) is 6.81. The summed E-state index contributed by atoms with van der Waals surface area (Å²) in [6.45, 7) is 0. The fraction of sp³-hybridized carbons (Fsp3) is 0.167. The van der Waals surface area contributed by atoms with Crippen LogP contribution in [0.5, 0.6) is 0 Å². The Hall–Kier alpha value is -1.26. The lowest BCUT2D eigenvalue weighted by Gasteiger charge is -1.97. The maximum atomic E-state index is 8.74. The molecule has 0 fully saturated rings. The van der Waals surface area contributed by atoms with Crippen molar-refractivity contribution in [1.82, 2.24) is 9.78 Å². The molecular weight excluding hydrogens is 206 g/mol. The lowest BCUT2D eigenvalue weighted by atomic mass is 10.4. The number of thiocarbonyl (C=S) groups is 1. The second-order valence-electron chi connectivity index (χ2n) is 2.13. The summed E-state index contributed by atoms with van der Waals surface area (Å²) in [6.07, 6.45) is 1.80. The monoisotopic (exact) mass is 213 g/mol. The van der Waals surface area contributed by atoms with Gasteiger partial charge in [-0.1, -0.05) is 0 Å². The molecule has 0 unspecified atom stereocenters. The summed E-state index contributed by atoms with van der Waals surface area (Å²) >= 11 is 6.02. The van der Waals surface area contributed by atoms with E-state index in [1.165, 1.54) is 16.4 Å². The number of hydrogen-bond donors (Lipinski definition) is 2. The molecule has 0 bridgehead atoms. The van der Waals surface area contributed by atoms with Crippen molar-refractivity contribution >= 4 is 34.9 Å². The smallest absolute Gasteiger partial charge is 0.193 e. The van der Waals surface area contributed by atoms with Crippen LogP contribution in [0.2, 0.25) is 0 Å². The molecule has 0 saturated heterocycles. The van der Waals surface area contributed by atoms with Gasteiger partial charge < -0.3 is 11.5 Å². The van der Waals surface area contributed by atoms with Gasteiger partial charge in [-0.2, -0.15) is 15.0 Å². The molecule has 1 rings (SSSR count). The quantitative estimate of drug-likeness (QED) is 0.509. The topological polar surface area (TPSA) is 93.7 Å². The summed E-state index contributed by atoms with van der Waals surface area (Å²) in [5.41, 5.74) is 11.2. The Labute approximate surface area is 84.7 Å². The second kappa shape index (κ2) is 3.64. The molecule has 7 heteroatoms. The Balaban J connectivity index is 3.37. The van der Waals surface area contributed by atoms with Crippen LogP contribution in [0.1, 0.15) is 5.56 Å². The molecule has 5 nitrogen and oxygen atoms in total. The first-order chi connectivity index (χ1) is 6.11. The van der Waals surface area contributed by atoms with E-state index in [4.69, 9.17) is 28.9 Å². The minimum absolute atomic E-state index is 0.0364. The van der Waals surface area contributed by atoms with Crippen molar-refractivity contribution in [3.8, 4) is 6.07 Å². The first-order valence-electron chi connectivity index (χ1n) is 3.24. The molecule has 1 heterocycles. The molecule has 68 valence electrons. The van der Waals surface area contributed by atoms with Gasteiger partial charge in [0.05, 0.1) is 0 Å². The number of nitrogens with two attached hydrogens (primary N) is 2. The number of anilines is 1. The lowest BCUT2D eigenvalue weighted by molar-refractivity contribution is 0.894. The summed E-state index contributed by atoms with van der Waals surface area (Å²) in [5.74, 6) is 0.194. The molecule has 0 amide bonds. The number of rotatable bonds is 1. The minimum Gasteiger partial charge on any atom is -0.382 e. The molecule has 0 atom stereocenters. The van der Waals surface area contributed by atoms with Crippen molar-refractivity contribution in [2.24, 2.45) is 5.73 Å². The van der Waals surface area contributed by atoms with Crippen LogP contribution in [-0.4, -0.2) is 21.1 Å². The Morgan fingerprint density at radius 1 is 1.77 bits per heavy atom. The SMILES string of the molecule is CSc1nn(C(N)=S)c(N)c1C#N. The Morgan fingerprint density at radius 2 is 2.38 bits per heavy atom. The average Bonchev–Trinajstić information content (AvgIpc) is 2.41. The van der Waals surface area contributed by atoms with Gasteiger partial charge in [0.1, 0.15) is 22.5 Å². The van der Waals surface area contributed by atoms with E-state index in [9.17, 15) is 0 Å². The molecule has 0 aliphatic heterocycles. The second-order valence-corrected chi connectivity index (χ2v) is 3.34. The van der Waals surface area contributed by atoms with Gasteiger partial charge >= 0.3 is 0 Å². The highest BCUT2D eigenvalue weighted by atomic mass is 32.2. The first-order valence-corrected chi connectivity index (χ1v) is 4.87. The van der Waals surface area contributed by atoms with Gasteiger partial charge in [0.25, 0.3) is 0 Å². The highest BCUT2D eigenvalue weighted by Gasteiger charge is 2.15. The number of aromatic nitrogens is 2. The number of nitriles is 1. The van der Waals surface area contributed by atoms with E-state index in [0.717, 1.165) is 0 Å². The van der Waals surface area contributed by atoms with Crippen molar-refractivity contribution in [2.45, 2.75) is 5.03 Å². The normalized spacial score (nSPS) is 9.54. The lowest BCUT2D eigenvalue weighted by Crippen LogP contribution is -2.22. The van der Waals surface area contributed by atoms with Gasteiger partial charge in [0, 0.05) is 0 Å². The summed E-state index contributed by atoms with van der Waals surface area (Å²) in [5, 5.41) is 13.3. The summed E-state index contributed by atoms with van der Waals surface area (Å²) in [6, 6.07) is 1.95. The molecule has 1 aromatic heterocycles. The van der Waals surface area contributed by atoms with E-state index in [-0.39, 0.29) is 10.9 Å². The van der Waals surface area contributed by atoms with Gasteiger partial charge in [-0.25, -0.2) is 0 Å². The predicted molar refractivity (Wildman–Crippen MR) is 55.3 cm³/mol. The third-order valence-corrected chi connectivity index (χ3v) is 2.25. The largest absolute Gasteiger partial charge is 0.382 e. The molecule has 0 spiro atoms. The highest BCUT2D eigenvalue weighted by molar-refractivity contribution is 7.98. The van der Waals surface area contributed by atoms with Crippen LogP contribution in [0.3, 0.4) is 0 Å². The fourth-order valence-electron chi connectivity index (χ4n) is 0.826. The van der Waals surface area contributed by atoms with Crippen molar-refractivity contribution in [1.29, 1.82) is 5.26 Å². The van der Waals surface area contributed by atoms with Gasteiger partial charge in [-0.05, 0) is 18.5 Å².